The highest BCUT2D eigenvalue weighted by molar-refractivity contribution is 5.38. The maximum Gasteiger partial charge on any atom is 0.238 e. The number of methoxy groups -OCH3 is 1. The molecule has 0 heterocycles. The third-order valence-electron chi connectivity index (χ3n) is 2.89. The number of hydrogen-bond acceptors (Lipinski definition) is 3. The minimum atomic E-state index is -0.528. The highest BCUT2D eigenvalue weighted by Crippen LogP contribution is 2.33. The quantitative estimate of drug-likeness (QED) is 0.552. The Balaban J connectivity index is 2.40. The summed E-state index contributed by atoms with van der Waals surface area (Å²) in [6, 6.07) is 4.99. The summed E-state index contributed by atoms with van der Waals surface area (Å²) in [7, 11) is 1.61. The van der Waals surface area contributed by atoms with Crippen LogP contribution in [0.1, 0.15) is 30.0 Å². The number of aryl methyl sites for hydroxylation is 1. The first-order valence-electron chi connectivity index (χ1n) is 5.02. The van der Waals surface area contributed by atoms with Gasteiger partial charge in [-0.05, 0) is 36.6 Å². The van der Waals surface area contributed by atoms with Gasteiger partial charge in [-0.1, -0.05) is 0 Å². The molecule has 15 heavy (non-hydrogen) atoms. The Kier molecular flexibility index (Phi) is 2.58. The fourth-order valence-electron chi connectivity index (χ4n) is 2.11. The van der Waals surface area contributed by atoms with Crippen LogP contribution in [0.5, 0.6) is 5.75 Å². The first-order valence-corrected chi connectivity index (χ1v) is 5.02. The molecule has 0 aromatic heterocycles. The van der Waals surface area contributed by atoms with E-state index in [1.54, 1.807) is 13.2 Å². The van der Waals surface area contributed by atoms with Crippen molar-refractivity contribution in [3.8, 4) is 5.75 Å². The van der Waals surface area contributed by atoms with Gasteiger partial charge in [0.15, 0.2) is 0 Å². The largest absolute Gasteiger partial charge is 0.497 e. The lowest BCUT2D eigenvalue weighted by molar-refractivity contribution is -0.531. The standard InChI is InChI=1S/C11H13NO3/c1-15-9-5-6-10-8(7-9)3-2-4-11(10)12(13)14/h5-7,11H,2-4H2,1H3. The fourth-order valence-corrected chi connectivity index (χ4v) is 2.11. The minimum Gasteiger partial charge on any atom is -0.497 e. The molecule has 1 atom stereocenters. The second-order valence-electron chi connectivity index (χ2n) is 3.76. The summed E-state index contributed by atoms with van der Waals surface area (Å²) in [6.45, 7) is 0. The average Bonchev–Trinajstić information content (AvgIpc) is 2.27. The van der Waals surface area contributed by atoms with Gasteiger partial charge in [-0.3, -0.25) is 10.1 Å². The van der Waals surface area contributed by atoms with Gasteiger partial charge >= 0.3 is 0 Å². The molecule has 0 saturated heterocycles. The smallest absolute Gasteiger partial charge is 0.238 e. The predicted molar refractivity (Wildman–Crippen MR) is 55.7 cm³/mol. The van der Waals surface area contributed by atoms with Gasteiger partial charge < -0.3 is 4.74 Å². The minimum absolute atomic E-state index is 0.190. The molecular weight excluding hydrogens is 194 g/mol. The van der Waals surface area contributed by atoms with Gasteiger partial charge in [-0.15, -0.1) is 0 Å². The van der Waals surface area contributed by atoms with Gasteiger partial charge in [-0.2, -0.15) is 0 Å². The van der Waals surface area contributed by atoms with Crippen molar-refractivity contribution in [3.05, 3.63) is 39.4 Å². The average molecular weight is 207 g/mol. The lowest BCUT2D eigenvalue weighted by atomic mass is 9.88. The fraction of sp³-hybridized carbons (Fsp3) is 0.455. The van der Waals surface area contributed by atoms with Crippen molar-refractivity contribution < 1.29 is 9.66 Å². The zero-order valence-corrected chi connectivity index (χ0v) is 8.60. The van der Waals surface area contributed by atoms with Crippen molar-refractivity contribution in [2.75, 3.05) is 7.11 Å². The summed E-state index contributed by atoms with van der Waals surface area (Å²) in [6.07, 6.45) is 2.44. The SMILES string of the molecule is COc1ccc2c(c1)CCCC2[N+](=O)[O-]. The summed E-state index contributed by atoms with van der Waals surface area (Å²) in [4.78, 5) is 10.7. The molecule has 0 saturated carbocycles. The summed E-state index contributed by atoms with van der Waals surface area (Å²) in [5, 5.41) is 10.8. The maximum absolute atomic E-state index is 10.8. The molecule has 1 aliphatic carbocycles. The Hall–Kier alpha value is -1.58. The van der Waals surface area contributed by atoms with Gasteiger partial charge in [0.25, 0.3) is 0 Å². The van der Waals surface area contributed by atoms with Gasteiger partial charge in [0.2, 0.25) is 6.04 Å². The Bertz CT molecular complexity index is 389. The molecule has 0 aliphatic heterocycles. The highest BCUT2D eigenvalue weighted by Gasteiger charge is 2.28. The van der Waals surface area contributed by atoms with Gasteiger partial charge in [0.1, 0.15) is 5.75 Å². The van der Waals surface area contributed by atoms with Gasteiger partial charge in [0.05, 0.1) is 7.11 Å². The number of nitrogens with zero attached hydrogens (tertiary/aromatic N) is 1. The summed E-state index contributed by atoms with van der Waals surface area (Å²) in [5.41, 5.74) is 1.91. The third-order valence-corrected chi connectivity index (χ3v) is 2.89. The molecule has 80 valence electrons. The highest BCUT2D eigenvalue weighted by atomic mass is 16.6. The van der Waals surface area contributed by atoms with Crippen molar-refractivity contribution in [1.82, 2.24) is 0 Å². The zero-order valence-electron chi connectivity index (χ0n) is 8.60. The van der Waals surface area contributed by atoms with E-state index < -0.39 is 6.04 Å². The van der Waals surface area contributed by atoms with Crippen molar-refractivity contribution >= 4 is 0 Å². The van der Waals surface area contributed by atoms with Crippen molar-refractivity contribution in [1.29, 1.82) is 0 Å². The molecule has 0 bridgehead atoms. The van der Waals surface area contributed by atoms with Crippen LogP contribution in [0, 0.1) is 10.1 Å². The van der Waals surface area contributed by atoms with E-state index in [1.165, 1.54) is 0 Å². The topological polar surface area (TPSA) is 52.4 Å². The monoisotopic (exact) mass is 207 g/mol. The second kappa shape index (κ2) is 3.88. The van der Waals surface area contributed by atoms with Crippen molar-refractivity contribution in [3.63, 3.8) is 0 Å². The Morgan fingerprint density at radius 1 is 1.53 bits per heavy atom. The molecule has 4 heteroatoms. The molecular formula is C11H13NO3. The number of ether oxygens (including phenoxy) is 1. The van der Waals surface area contributed by atoms with Crippen molar-refractivity contribution in [2.45, 2.75) is 25.3 Å². The van der Waals surface area contributed by atoms with Crippen LogP contribution in [0.15, 0.2) is 18.2 Å². The lowest BCUT2D eigenvalue weighted by Crippen LogP contribution is -2.17. The van der Waals surface area contributed by atoms with E-state index >= 15 is 0 Å². The first-order chi connectivity index (χ1) is 7.22. The Morgan fingerprint density at radius 2 is 2.33 bits per heavy atom. The van der Waals surface area contributed by atoms with E-state index in [2.05, 4.69) is 0 Å². The van der Waals surface area contributed by atoms with E-state index in [-0.39, 0.29) is 4.92 Å². The van der Waals surface area contributed by atoms with Crippen LogP contribution < -0.4 is 4.74 Å². The number of benzene rings is 1. The number of hydrogen-bond donors (Lipinski definition) is 0. The van der Waals surface area contributed by atoms with E-state index in [4.69, 9.17) is 4.74 Å². The van der Waals surface area contributed by atoms with Crippen LogP contribution >= 0.6 is 0 Å². The van der Waals surface area contributed by atoms with Crippen LogP contribution in [0.3, 0.4) is 0 Å². The molecule has 1 unspecified atom stereocenters. The summed E-state index contributed by atoms with van der Waals surface area (Å²) in [5.74, 6) is 0.776. The normalized spacial score (nSPS) is 19.4. The molecule has 1 aromatic rings. The maximum atomic E-state index is 10.8. The van der Waals surface area contributed by atoms with E-state index in [1.807, 2.05) is 12.1 Å². The van der Waals surface area contributed by atoms with E-state index in [0.717, 1.165) is 29.7 Å². The van der Waals surface area contributed by atoms with Gasteiger partial charge in [-0.25, -0.2) is 0 Å². The number of nitro groups is 1. The van der Waals surface area contributed by atoms with Crippen LogP contribution in [0.25, 0.3) is 0 Å². The lowest BCUT2D eigenvalue weighted by Gasteiger charge is -2.19. The molecule has 0 spiro atoms. The second-order valence-corrected chi connectivity index (χ2v) is 3.76. The predicted octanol–water partition coefficient (Wildman–Crippen LogP) is 2.35. The van der Waals surface area contributed by atoms with Crippen LogP contribution in [-0.2, 0) is 6.42 Å². The van der Waals surface area contributed by atoms with Crippen LogP contribution in [0.4, 0.5) is 0 Å². The molecule has 0 amide bonds. The molecule has 0 fully saturated rings. The van der Waals surface area contributed by atoms with Crippen LogP contribution in [-0.4, -0.2) is 12.0 Å². The van der Waals surface area contributed by atoms with Crippen molar-refractivity contribution in [2.24, 2.45) is 0 Å². The molecule has 0 N–H and O–H groups in total. The first kappa shape index (κ1) is 9.96. The number of rotatable bonds is 2. The third kappa shape index (κ3) is 1.79. The van der Waals surface area contributed by atoms with Crippen LogP contribution in [0.2, 0.25) is 0 Å². The Labute approximate surface area is 88.0 Å². The molecule has 1 aliphatic rings. The van der Waals surface area contributed by atoms with E-state index in [9.17, 15) is 10.1 Å². The molecule has 4 nitrogen and oxygen atoms in total. The molecule has 0 radical (unpaired) electrons. The molecule has 2 rings (SSSR count). The molecule has 1 aromatic carbocycles. The zero-order chi connectivity index (χ0) is 10.8. The Morgan fingerprint density at radius 3 is 3.00 bits per heavy atom. The number of fused-ring (bicyclic) bond motifs is 1. The summed E-state index contributed by atoms with van der Waals surface area (Å²) >= 11 is 0. The van der Waals surface area contributed by atoms with Gasteiger partial charge in [0, 0.05) is 16.9 Å². The summed E-state index contributed by atoms with van der Waals surface area (Å²) < 4.78 is 5.11. The van der Waals surface area contributed by atoms with E-state index in [0.29, 0.717) is 6.42 Å².